The van der Waals surface area contributed by atoms with E-state index in [1.807, 2.05) is 30.3 Å². The molecule has 2 aromatic heterocycles. The molecule has 0 spiro atoms. The van der Waals surface area contributed by atoms with Crippen molar-refractivity contribution >= 4 is 22.7 Å². The number of rotatable bonds is 2. The average molecular weight is 321 g/mol. The number of aromatic nitrogens is 2. The van der Waals surface area contributed by atoms with Crippen LogP contribution >= 0.6 is 11.6 Å². The maximum Gasteiger partial charge on any atom is 0.227 e. The lowest BCUT2D eigenvalue weighted by Gasteiger charge is -2.09. The van der Waals surface area contributed by atoms with Crippen LogP contribution in [0.2, 0.25) is 5.15 Å². The minimum atomic E-state index is 0.409. The molecule has 4 rings (SSSR count). The van der Waals surface area contributed by atoms with Crippen molar-refractivity contribution in [2.24, 2.45) is 0 Å². The first-order valence-electron chi connectivity index (χ1n) is 7.30. The Balaban J connectivity index is 1.88. The Labute approximate surface area is 138 Å². The van der Waals surface area contributed by atoms with Gasteiger partial charge < -0.3 is 4.42 Å². The second-order valence-corrected chi connectivity index (χ2v) is 5.73. The summed E-state index contributed by atoms with van der Waals surface area (Å²) in [6.45, 7) is 2.08. The molecule has 0 aliphatic carbocycles. The predicted octanol–water partition coefficient (Wildman–Crippen LogP) is 5.52. The first-order chi connectivity index (χ1) is 11.2. The van der Waals surface area contributed by atoms with Gasteiger partial charge in [0, 0.05) is 11.6 Å². The molecule has 23 heavy (non-hydrogen) atoms. The Morgan fingerprint density at radius 2 is 1.74 bits per heavy atom. The maximum absolute atomic E-state index is 5.92. The topological polar surface area (TPSA) is 38.9 Å². The highest BCUT2D eigenvalue weighted by Crippen LogP contribution is 2.32. The van der Waals surface area contributed by atoms with Crippen molar-refractivity contribution in [2.45, 2.75) is 6.92 Å². The summed E-state index contributed by atoms with van der Waals surface area (Å²) < 4.78 is 5.85. The van der Waals surface area contributed by atoms with Gasteiger partial charge in [0.05, 0.1) is 6.20 Å². The van der Waals surface area contributed by atoms with Crippen molar-refractivity contribution in [2.75, 3.05) is 0 Å². The molecule has 4 aromatic rings. The van der Waals surface area contributed by atoms with Gasteiger partial charge in [-0.1, -0.05) is 54.1 Å². The second-order valence-electron chi connectivity index (χ2n) is 5.34. The fourth-order valence-corrected chi connectivity index (χ4v) is 2.88. The summed E-state index contributed by atoms with van der Waals surface area (Å²) in [6.07, 6.45) is 1.60. The highest BCUT2D eigenvalue weighted by Gasteiger charge is 2.14. The zero-order valence-corrected chi connectivity index (χ0v) is 13.2. The van der Waals surface area contributed by atoms with Gasteiger partial charge >= 0.3 is 0 Å². The number of fused-ring (bicyclic) bond motifs is 1. The molecule has 0 N–H and O–H groups in total. The van der Waals surface area contributed by atoms with E-state index in [1.165, 1.54) is 11.1 Å². The van der Waals surface area contributed by atoms with E-state index in [2.05, 4.69) is 35.1 Å². The monoisotopic (exact) mass is 320 g/mol. The fourth-order valence-electron chi connectivity index (χ4n) is 2.72. The molecular formula is C19H13ClN2O. The molecular weight excluding hydrogens is 308 g/mol. The van der Waals surface area contributed by atoms with Gasteiger partial charge in [-0.15, -0.1) is 0 Å². The van der Waals surface area contributed by atoms with Crippen molar-refractivity contribution in [3.05, 3.63) is 71.5 Å². The van der Waals surface area contributed by atoms with E-state index in [0.717, 1.165) is 11.1 Å². The lowest BCUT2D eigenvalue weighted by atomic mass is 9.96. The maximum atomic E-state index is 5.92. The van der Waals surface area contributed by atoms with Crippen LogP contribution in [0.15, 0.2) is 65.2 Å². The van der Waals surface area contributed by atoms with Gasteiger partial charge in [0.2, 0.25) is 5.89 Å². The molecule has 112 valence electrons. The molecule has 2 heterocycles. The molecule has 3 nitrogen and oxygen atoms in total. The number of benzene rings is 2. The summed E-state index contributed by atoms with van der Waals surface area (Å²) in [6, 6.07) is 18.1. The molecule has 0 aliphatic rings. The molecule has 4 heteroatoms. The van der Waals surface area contributed by atoms with Crippen LogP contribution in [0.25, 0.3) is 33.7 Å². The highest BCUT2D eigenvalue weighted by molar-refractivity contribution is 6.29. The Morgan fingerprint density at radius 3 is 2.57 bits per heavy atom. The molecule has 0 saturated carbocycles. The van der Waals surface area contributed by atoms with Crippen molar-refractivity contribution in [1.82, 2.24) is 9.97 Å². The average Bonchev–Trinajstić information content (AvgIpc) is 2.98. The lowest BCUT2D eigenvalue weighted by molar-refractivity contribution is 0.618. The zero-order chi connectivity index (χ0) is 15.8. The minimum absolute atomic E-state index is 0.409. The lowest BCUT2D eigenvalue weighted by Crippen LogP contribution is -1.88. The fraction of sp³-hybridized carbons (Fsp3) is 0.0526. The van der Waals surface area contributed by atoms with E-state index in [0.29, 0.717) is 22.1 Å². The van der Waals surface area contributed by atoms with Crippen LogP contribution in [0.1, 0.15) is 5.56 Å². The summed E-state index contributed by atoms with van der Waals surface area (Å²) in [5.74, 6) is 0.583. The van der Waals surface area contributed by atoms with Crippen molar-refractivity contribution in [1.29, 1.82) is 0 Å². The molecule has 0 bridgehead atoms. The molecule has 2 aromatic carbocycles. The van der Waals surface area contributed by atoms with Crippen molar-refractivity contribution in [3.63, 3.8) is 0 Å². The smallest absolute Gasteiger partial charge is 0.227 e. The molecule has 0 aliphatic heterocycles. The molecule has 0 unspecified atom stereocenters. The van der Waals surface area contributed by atoms with E-state index in [4.69, 9.17) is 16.0 Å². The van der Waals surface area contributed by atoms with Gasteiger partial charge in [-0.25, -0.2) is 9.97 Å². The Kier molecular flexibility index (Phi) is 3.36. The van der Waals surface area contributed by atoms with Gasteiger partial charge in [0.15, 0.2) is 5.58 Å². The number of hydrogen-bond acceptors (Lipinski definition) is 3. The van der Waals surface area contributed by atoms with Crippen molar-refractivity contribution < 1.29 is 4.42 Å². The van der Waals surface area contributed by atoms with Crippen LogP contribution in [0.3, 0.4) is 0 Å². The van der Waals surface area contributed by atoms with Crippen LogP contribution in [-0.2, 0) is 0 Å². The van der Waals surface area contributed by atoms with E-state index >= 15 is 0 Å². The Hall–Kier alpha value is -2.65. The van der Waals surface area contributed by atoms with Gasteiger partial charge in [-0.2, -0.15) is 0 Å². The van der Waals surface area contributed by atoms with Gasteiger partial charge in [-0.05, 0) is 29.7 Å². The largest absolute Gasteiger partial charge is 0.434 e. The first kappa shape index (κ1) is 14.0. The first-order valence-corrected chi connectivity index (χ1v) is 7.67. The normalized spacial score (nSPS) is 11.0. The molecule has 0 radical (unpaired) electrons. The quantitative estimate of drug-likeness (QED) is 0.456. The number of oxazole rings is 1. The van der Waals surface area contributed by atoms with E-state index in [9.17, 15) is 0 Å². The summed E-state index contributed by atoms with van der Waals surface area (Å²) >= 11 is 5.92. The number of halogens is 1. The minimum Gasteiger partial charge on any atom is -0.434 e. The number of hydrogen-bond donors (Lipinski definition) is 0. The zero-order valence-electron chi connectivity index (χ0n) is 12.5. The van der Waals surface area contributed by atoms with Gasteiger partial charge in [0.1, 0.15) is 10.7 Å². The standard InChI is InChI=1S/C19H13ClN2O/c1-12-14(13-6-3-2-4-7-13)8-5-9-15(12)19-22-16-10-18(20)21-11-17(16)23-19/h2-11H,1H3. The number of nitrogens with zero attached hydrogens (tertiary/aromatic N) is 2. The van der Waals surface area contributed by atoms with Gasteiger partial charge in [-0.3, -0.25) is 0 Å². The third-order valence-electron chi connectivity index (χ3n) is 3.89. The van der Waals surface area contributed by atoms with Crippen LogP contribution in [-0.4, -0.2) is 9.97 Å². The Bertz CT molecular complexity index is 993. The molecule has 0 amide bonds. The summed E-state index contributed by atoms with van der Waals surface area (Å²) in [5, 5.41) is 0.409. The van der Waals surface area contributed by atoms with Crippen LogP contribution < -0.4 is 0 Å². The molecule has 0 atom stereocenters. The second kappa shape index (κ2) is 5.52. The number of pyridine rings is 1. The summed E-state index contributed by atoms with van der Waals surface area (Å²) in [4.78, 5) is 8.58. The van der Waals surface area contributed by atoms with Crippen LogP contribution in [0.5, 0.6) is 0 Å². The SMILES string of the molecule is Cc1c(-c2ccccc2)cccc1-c1nc2cc(Cl)ncc2o1. The predicted molar refractivity (Wildman–Crippen MR) is 92.4 cm³/mol. The van der Waals surface area contributed by atoms with E-state index in [-0.39, 0.29) is 0 Å². The highest BCUT2D eigenvalue weighted by atomic mass is 35.5. The van der Waals surface area contributed by atoms with Gasteiger partial charge in [0.25, 0.3) is 0 Å². The van der Waals surface area contributed by atoms with Crippen LogP contribution in [0, 0.1) is 6.92 Å². The van der Waals surface area contributed by atoms with Crippen LogP contribution in [0.4, 0.5) is 0 Å². The third kappa shape index (κ3) is 2.49. The summed E-state index contributed by atoms with van der Waals surface area (Å²) in [5.41, 5.74) is 5.79. The molecule has 0 saturated heterocycles. The van der Waals surface area contributed by atoms with E-state index < -0.39 is 0 Å². The van der Waals surface area contributed by atoms with E-state index in [1.54, 1.807) is 12.3 Å². The molecule has 0 fully saturated rings. The Morgan fingerprint density at radius 1 is 0.957 bits per heavy atom. The third-order valence-corrected chi connectivity index (χ3v) is 4.10. The summed E-state index contributed by atoms with van der Waals surface area (Å²) in [7, 11) is 0. The van der Waals surface area contributed by atoms with Crippen molar-refractivity contribution in [3.8, 4) is 22.6 Å².